The van der Waals surface area contributed by atoms with Gasteiger partial charge in [-0.25, -0.2) is 0 Å². The lowest BCUT2D eigenvalue weighted by molar-refractivity contribution is 1.29. The van der Waals surface area contributed by atoms with Crippen LogP contribution in [0, 0.1) is 0 Å². The van der Waals surface area contributed by atoms with Crippen LogP contribution in [0.2, 0.25) is 0 Å². The number of H-pyrrole nitrogens is 1. The van der Waals surface area contributed by atoms with Crippen molar-refractivity contribution >= 4 is 10.8 Å². The van der Waals surface area contributed by atoms with Gasteiger partial charge in [0.1, 0.15) is 0 Å². The number of nitrogens with one attached hydrogen (secondary N) is 1. The molecule has 0 saturated heterocycles. The van der Waals surface area contributed by atoms with Gasteiger partial charge in [0.15, 0.2) is 5.43 Å². The predicted octanol–water partition coefficient (Wildman–Crippen LogP) is 0.888. The highest BCUT2D eigenvalue weighted by atomic mass is 16.1. The van der Waals surface area contributed by atoms with Crippen molar-refractivity contribution in [2.24, 2.45) is 0 Å². The minimum atomic E-state index is -0.238. The first kappa shape index (κ1) is 7.73. The van der Waals surface area contributed by atoms with Crippen molar-refractivity contribution in [3.63, 3.8) is 0 Å². The van der Waals surface area contributed by atoms with Gasteiger partial charge in [0.2, 0.25) is 0 Å². The molecule has 0 saturated carbocycles. The second-order valence-corrected chi connectivity index (χ2v) is 2.72. The number of fused-ring (bicyclic) bond motifs is 1. The van der Waals surface area contributed by atoms with Gasteiger partial charge >= 0.3 is 0 Å². The summed E-state index contributed by atoms with van der Waals surface area (Å²) in [5.41, 5.74) is -0.383. The number of aromatic nitrogens is 1. The SMILES string of the molecule is O=c1cc[nH]c(=O)c2ccccc12. The molecule has 2 rings (SSSR count). The van der Waals surface area contributed by atoms with Crippen LogP contribution in [0.3, 0.4) is 0 Å². The lowest BCUT2D eigenvalue weighted by atomic mass is 10.2. The van der Waals surface area contributed by atoms with Crippen LogP contribution in [-0.2, 0) is 0 Å². The molecule has 0 aliphatic heterocycles. The first-order chi connectivity index (χ1) is 6.29. The fourth-order valence-corrected chi connectivity index (χ4v) is 1.26. The summed E-state index contributed by atoms with van der Waals surface area (Å²) in [6.07, 6.45) is 1.37. The van der Waals surface area contributed by atoms with Crippen LogP contribution in [0.5, 0.6) is 0 Å². The molecular formula is C10H7NO2. The zero-order valence-electron chi connectivity index (χ0n) is 6.78. The summed E-state index contributed by atoms with van der Waals surface area (Å²) in [6, 6.07) is 8.10. The lowest BCUT2D eigenvalue weighted by Crippen LogP contribution is -2.02. The van der Waals surface area contributed by atoms with Crippen molar-refractivity contribution in [1.29, 1.82) is 0 Å². The van der Waals surface area contributed by atoms with E-state index in [2.05, 4.69) is 4.98 Å². The van der Waals surface area contributed by atoms with Crippen LogP contribution in [0.4, 0.5) is 0 Å². The maximum Gasteiger partial charge on any atom is 0.255 e. The Morgan fingerprint density at radius 1 is 0.923 bits per heavy atom. The zero-order valence-corrected chi connectivity index (χ0v) is 6.78. The van der Waals surface area contributed by atoms with Gasteiger partial charge in [-0.1, -0.05) is 18.2 Å². The van der Waals surface area contributed by atoms with Crippen LogP contribution in [0.1, 0.15) is 0 Å². The van der Waals surface area contributed by atoms with Gasteiger partial charge in [0.05, 0.1) is 5.39 Å². The van der Waals surface area contributed by atoms with E-state index in [4.69, 9.17) is 0 Å². The van der Waals surface area contributed by atoms with E-state index >= 15 is 0 Å². The van der Waals surface area contributed by atoms with Gasteiger partial charge in [-0.15, -0.1) is 0 Å². The number of rotatable bonds is 0. The van der Waals surface area contributed by atoms with E-state index in [9.17, 15) is 9.59 Å². The van der Waals surface area contributed by atoms with E-state index in [-0.39, 0.29) is 11.0 Å². The number of hydrogen-bond acceptors (Lipinski definition) is 2. The Morgan fingerprint density at radius 3 is 2.38 bits per heavy atom. The largest absolute Gasteiger partial charge is 0.328 e. The molecule has 0 aliphatic carbocycles. The van der Waals surface area contributed by atoms with E-state index in [1.54, 1.807) is 24.3 Å². The summed E-state index contributed by atoms with van der Waals surface area (Å²) in [4.78, 5) is 25.2. The highest BCUT2D eigenvalue weighted by molar-refractivity contribution is 5.80. The fraction of sp³-hybridized carbons (Fsp3) is 0. The Kier molecular flexibility index (Phi) is 1.70. The van der Waals surface area contributed by atoms with Gasteiger partial charge in [-0.3, -0.25) is 9.59 Å². The lowest BCUT2D eigenvalue weighted by Gasteiger charge is -1.86. The predicted molar refractivity (Wildman–Crippen MR) is 50.8 cm³/mol. The molecule has 1 N–H and O–H groups in total. The molecule has 0 aliphatic rings. The molecule has 0 bridgehead atoms. The van der Waals surface area contributed by atoms with E-state index in [0.717, 1.165) is 0 Å². The summed E-state index contributed by atoms with van der Waals surface area (Å²) in [7, 11) is 0. The Bertz CT molecular complexity index is 508. The quantitative estimate of drug-likeness (QED) is 0.643. The average Bonchev–Trinajstić information content (AvgIpc) is 2.29. The number of hydrogen-bond donors (Lipinski definition) is 1. The molecule has 13 heavy (non-hydrogen) atoms. The number of benzene rings is 1. The van der Waals surface area contributed by atoms with E-state index in [1.165, 1.54) is 12.3 Å². The van der Waals surface area contributed by atoms with Crippen LogP contribution in [0.25, 0.3) is 10.8 Å². The van der Waals surface area contributed by atoms with Gasteiger partial charge in [0.25, 0.3) is 5.56 Å². The molecule has 2 aromatic rings. The zero-order chi connectivity index (χ0) is 9.26. The van der Waals surface area contributed by atoms with Crippen LogP contribution in [0.15, 0.2) is 46.1 Å². The Hall–Kier alpha value is -1.90. The summed E-state index contributed by atoms with van der Waals surface area (Å²) < 4.78 is 0. The topological polar surface area (TPSA) is 49.9 Å². The molecule has 0 amide bonds. The smallest absolute Gasteiger partial charge is 0.255 e. The highest BCUT2D eigenvalue weighted by Crippen LogP contribution is 2.01. The van der Waals surface area contributed by atoms with Crippen molar-refractivity contribution in [2.75, 3.05) is 0 Å². The number of aromatic amines is 1. The first-order valence-electron chi connectivity index (χ1n) is 3.90. The highest BCUT2D eigenvalue weighted by Gasteiger charge is 1.96. The van der Waals surface area contributed by atoms with Crippen molar-refractivity contribution < 1.29 is 0 Å². The maximum absolute atomic E-state index is 11.4. The normalized spacial score (nSPS) is 10.2. The summed E-state index contributed by atoms with van der Waals surface area (Å²) in [5, 5.41) is 0.881. The van der Waals surface area contributed by atoms with Crippen LogP contribution >= 0.6 is 0 Å². The Labute approximate surface area is 73.7 Å². The molecule has 0 radical (unpaired) electrons. The first-order valence-corrected chi connectivity index (χ1v) is 3.90. The van der Waals surface area contributed by atoms with Crippen molar-refractivity contribution in [3.8, 4) is 0 Å². The monoisotopic (exact) mass is 173 g/mol. The molecule has 64 valence electrons. The van der Waals surface area contributed by atoms with Crippen LogP contribution < -0.4 is 11.0 Å². The van der Waals surface area contributed by atoms with Gasteiger partial charge in [-0.2, -0.15) is 0 Å². The minimum Gasteiger partial charge on any atom is -0.328 e. The second-order valence-electron chi connectivity index (χ2n) is 2.72. The van der Waals surface area contributed by atoms with Gasteiger partial charge in [-0.05, 0) is 6.07 Å². The molecule has 3 nitrogen and oxygen atoms in total. The van der Waals surface area contributed by atoms with Gasteiger partial charge < -0.3 is 4.98 Å². The molecule has 1 aromatic carbocycles. The average molecular weight is 173 g/mol. The molecule has 3 heteroatoms. The third kappa shape index (κ3) is 1.24. The van der Waals surface area contributed by atoms with E-state index in [1.807, 2.05) is 0 Å². The fourth-order valence-electron chi connectivity index (χ4n) is 1.26. The van der Waals surface area contributed by atoms with Crippen molar-refractivity contribution in [2.45, 2.75) is 0 Å². The summed E-state index contributed by atoms with van der Waals surface area (Å²) >= 11 is 0. The standard InChI is InChI=1S/C10H7NO2/c12-9-5-6-11-10(13)8-4-2-1-3-7(8)9/h1-6H,(H,11,13). The maximum atomic E-state index is 11.4. The van der Waals surface area contributed by atoms with Crippen molar-refractivity contribution in [3.05, 3.63) is 57.1 Å². The van der Waals surface area contributed by atoms with E-state index in [0.29, 0.717) is 10.8 Å². The molecule has 1 aromatic heterocycles. The molecule has 1 heterocycles. The Morgan fingerprint density at radius 2 is 1.62 bits per heavy atom. The molecule has 0 fully saturated rings. The Balaban J connectivity index is 3.19. The summed E-state index contributed by atoms with van der Waals surface area (Å²) in [5.74, 6) is 0. The molecular weight excluding hydrogens is 166 g/mol. The van der Waals surface area contributed by atoms with Gasteiger partial charge in [0, 0.05) is 17.6 Å². The minimum absolute atomic E-state index is 0.144. The van der Waals surface area contributed by atoms with Crippen molar-refractivity contribution in [1.82, 2.24) is 4.98 Å². The third-order valence-electron chi connectivity index (χ3n) is 1.89. The second kappa shape index (κ2) is 2.86. The van der Waals surface area contributed by atoms with E-state index < -0.39 is 0 Å². The summed E-state index contributed by atoms with van der Waals surface area (Å²) in [6.45, 7) is 0. The van der Waals surface area contributed by atoms with Crippen LogP contribution in [-0.4, -0.2) is 4.98 Å². The molecule has 0 unspecified atom stereocenters. The third-order valence-corrected chi connectivity index (χ3v) is 1.89. The molecule has 0 spiro atoms. The molecule has 0 atom stereocenters.